The van der Waals surface area contributed by atoms with Crippen LogP contribution in [0.3, 0.4) is 0 Å². The number of rotatable bonds is 10. The molecule has 0 saturated carbocycles. The highest BCUT2D eigenvalue weighted by atomic mass is 32.1. The molecule has 3 aromatic rings. The number of nitrogens with zero attached hydrogens (tertiary/aromatic N) is 4. The van der Waals surface area contributed by atoms with Gasteiger partial charge < -0.3 is 19.8 Å². The molecule has 1 aliphatic heterocycles. The van der Waals surface area contributed by atoms with E-state index in [1.165, 1.54) is 0 Å². The van der Waals surface area contributed by atoms with Gasteiger partial charge in [-0.25, -0.2) is 4.85 Å². The number of thiophene rings is 1. The monoisotopic (exact) mass is 560 g/mol. The van der Waals surface area contributed by atoms with Crippen LogP contribution in [-0.2, 0) is 10.3 Å². The van der Waals surface area contributed by atoms with Gasteiger partial charge in [0.1, 0.15) is 17.7 Å². The topological polar surface area (TPSA) is 105 Å². The van der Waals surface area contributed by atoms with E-state index in [1.54, 1.807) is 11.3 Å². The van der Waals surface area contributed by atoms with E-state index in [0.717, 1.165) is 26.6 Å². The zero-order chi connectivity index (χ0) is 29.2. The van der Waals surface area contributed by atoms with Crippen LogP contribution in [0.15, 0.2) is 95.4 Å². The lowest BCUT2D eigenvalue weighted by Gasteiger charge is -2.28. The molecule has 2 heterocycles. The van der Waals surface area contributed by atoms with E-state index in [9.17, 15) is 20.7 Å². The zero-order valence-electron chi connectivity index (χ0n) is 22.5. The highest BCUT2D eigenvalue weighted by molar-refractivity contribution is 7.13. The molecule has 0 amide bonds. The van der Waals surface area contributed by atoms with Crippen molar-refractivity contribution in [1.29, 1.82) is 10.5 Å². The van der Waals surface area contributed by atoms with Gasteiger partial charge in [0.25, 0.3) is 0 Å². The van der Waals surface area contributed by atoms with Crippen LogP contribution in [0.25, 0.3) is 23.1 Å². The summed E-state index contributed by atoms with van der Waals surface area (Å²) >= 11 is 1.58. The van der Waals surface area contributed by atoms with Crippen LogP contribution in [-0.4, -0.2) is 36.5 Å². The standard InChI is InChI=1S/C33H28N4O3S/c1-33(26-6-4-3-5-7-26)30(31(36-2)32(40-33)25(22-34)23-35)17-16-29-15-14-28(41-29)13-10-24-8-11-27(12-9-24)37(18-20-38)19-21-39/h3-17,38-39H,18-21H2,1H3/b13-10+,17-16+. The minimum atomic E-state index is -1.04. The van der Waals surface area contributed by atoms with Crippen LogP contribution in [0.2, 0.25) is 0 Å². The van der Waals surface area contributed by atoms with Crippen molar-refractivity contribution in [1.82, 2.24) is 0 Å². The largest absolute Gasteiger partial charge is 0.488 e. The minimum Gasteiger partial charge on any atom is -0.488 e. The Hall–Kier alpha value is -4.91. The molecule has 1 atom stereocenters. The molecule has 8 heteroatoms. The number of ether oxygens (including phenoxy) is 1. The Labute approximate surface area is 243 Å². The number of hydrogen-bond donors (Lipinski definition) is 2. The average molecular weight is 561 g/mol. The summed E-state index contributed by atoms with van der Waals surface area (Å²) in [5.41, 5.74) is 2.24. The minimum absolute atomic E-state index is 0.00710. The smallest absolute Gasteiger partial charge is 0.237 e. The molecule has 0 bridgehead atoms. The number of aliphatic hydroxyl groups is 2. The van der Waals surface area contributed by atoms with Crippen molar-refractivity contribution in [3.63, 3.8) is 0 Å². The summed E-state index contributed by atoms with van der Waals surface area (Å²) in [6.45, 7) is 10.6. The molecule has 4 rings (SSSR count). The van der Waals surface area contributed by atoms with Crippen LogP contribution < -0.4 is 4.90 Å². The van der Waals surface area contributed by atoms with Crippen molar-refractivity contribution in [2.75, 3.05) is 31.2 Å². The molecule has 41 heavy (non-hydrogen) atoms. The summed E-state index contributed by atoms with van der Waals surface area (Å²) in [4.78, 5) is 7.60. The van der Waals surface area contributed by atoms with Crippen LogP contribution in [0, 0.1) is 29.2 Å². The molecule has 1 aliphatic rings. The maximum Gasteiger partial charge on any atom is 0.237 e. The first kappa shape index (κ1) is 29.1. The molecule has 7 nitrogen and oxygen atoms in total. The Morgan fingerprint density at radius 2 is 1.54 bits per heavy atom. The fourth-order valence-electron chi connectivity index (χ4n) is 4.57. The summed E-state index contributed by atoms with van der Waals surface area (Å²) in [6, 6.07) is 25.1. The molecule has 0 radical (unpaired) electrons. The second-order valence-corrected chi connectivity index (χ2v) is 10.4. The molecule has 1 unspecified atom stereocenters. The van der Waals surface area contributed by atoms with Gasteiger partial charge in [-0.2, -0.15) is 10.5 Å². The maximum absolute atomic E-state index is 9.47. The van der Waals surface area contributed by atoms with E-state index in [0.29, 0.717) is 18.7 Å². The summed E-state index contributed by atoms with van der Waals surface area (Å²) < 4.78 is 6.19. The quantitative estimate of drug-likeness (QED) is 0.228. The summed E-state index contributed by atoms with van der Waals surface area (Å²) in [5, 5.41) is 37.5. The second kappa shape index (κ2) is 13.4. The lowest BCUT2D eigenvalue weighted by Crippen LogP contribution is -2.29. The third-order valence-electron chi connectivity index (χ3n) is 6.68. The van der Waals surface area contributed by atoms with E-state index in [2.05, 4.69) is 4.85 Å². The Morgan fingerprint density at radius 1 is 0.927 bits per heavy atom. The molecule has 0 aliphatic carbocycles. The number of anilines is 1. The highest BCUT2D eigenvalue weighted by Crippen LogP contribution is 2.47. The molecular weight excluding hydrogens is 532 g/mol. The van der Waals surface area contributed by atoms with Gasteiger partial charge in [0.2, 0.25) is 5.70 Å². The van der Waals surface area contributed by atoms with Gasteiger partial charge >= 0.3 is 0 Å². The SMILES string of the molecule is [C-]#[N+]C1=C(/C=C/c2ccc(/C=C/c3ccc(N(CCO)CCO)cc3)s2)C(C)(c2ccccc2)OC1=C(C#N)C#N. The van der Waals surface area contributed by atoms with Gasteiger partial charge in [0.05, 0.1) is 19.8 Å². The summed E-state index contributed by atoms with van der Waals surface area (Å²) in [7, 11) is 0. The Morgan fingerprint density at radius 3 is 2.10 bits per heavy atom. The van der Waals surface area contributed by atoms with Gasteiger partial charge in [0.15, 0.2) is 11.3 Å². The van der Waals surface area contributed by atoms with Gasteiger partial charge in [-0.1, -0.05) is 54.6 Å². The molecule has 2 N–H and O–H groups in total. The summed E-state index contributed by atoms with van der Waals surface area (Å²) in [6.07, 6.45) is 7.80. The molecular formula is C33H28N4O3S. The number of nitriles is 2. The zero-order valence-corrected chi connectivity index (χ0v) is 23.3. The van der Waals surface area contributed by atoms with E-state index in [4.69, 9.17) is 11.3 Å². The van der Waals surface area contributed by atoms with Crippen LogP contribution in [0.5, 0.6) is 0 Å². The van der Waals surface area contributed by atoms with Gasteiger partial charge in [-0.05, 0) is 54.5 Å². The third kappa shape index (κ3) is 6.47. The third-order valence-corrected chi connectivity index (χ3v) is 7.69. The van der Waals surface area contributed by atoms with Crippen LogP contribution in [0.4, 0.5) is 5.69 Å². The van der Waals surface area contributed by atoms with Crippen molar-refractivity contribution in [2.24, 2.45) is 0 Å². The van der Waals surface area contributed by atoms with Crippen molar-refractivity contribution in [3.8, 4) is 12.1 Å². The second-order valence-electron chi connectivity index (χ2n) is 9.24. The first-order chi connectivity index (χ1) is 20.0. The van der Waals surface area contributed by atoms with Gasteiger partial charge in [-0.15, -0.1) is 11.3 Å². The molecule has 0 saturated heterocycles. The van der Waals surface area contributed by atoms with E-state index in [1.807, 2.05) is 115 Å². The van der Waals surface area contributed by atoms with Crippen LogP contribution in [0.1, 0.15) is 27.8 Å². The predicted octanol–water partition coefficient (Wildman–Crippen LogP) is 6.14. The lowest BCUT2D eigenvalue weighted by molar-refractivity contribution is 0.0755. The Balaban J connectivity index is 1.59. The van der Waals surface area contributed by atoms with Crippen molar-refractivity contribution >= 4 is 35.3 Å². The number of hydrogen-bond acceptors (Lipinski definition) is 7. The van der Waals surface area contributed by atoms with Crippen LogP contribution >= 0.6 is 11.3 Å². The average Bonchev–Trinajstić information content (AvgIpc) is 3.58. The first-order valence-electron chi connectivity index (χ1n) is 12.9. The van der Waals surface area contributed by atoms with Crippen molar-refractivity contribution in [3.05, 3.63) is 128 Å². The first-order valence-corrected chi connectivity index (χ1v) is 13.7. The molecule has 1 aromatic heterocycles. The Bertz CT molecular complexity index is 1610. The Kier molecular flexibility index (Phi) is 9.53. The molecule has 0 fully saturated rings. The van der Waals surface area contributed by atoms with Gasteiger partial charge in [-0.3, -0.25) is 0 Å². The number of allylic oxidation sites excluding steroid dienone is 1. The van der Waals surface area contributed by atoms with Crippen molar-refractivity contribution < 1.29 is 14.9 Å². The van der Waals surface area contributed by atoms with E-state index >= 15 is 0 Å². The predicted molar refractivity (Wildman–Crippen MR) is 162 cm³/mol. The fourth-order valence-corrected chi connectivity index (χ4v) is 5.39. The summed E-state index contributed by atoms with van der Waals surface area (Å²) in [5.74, 6) is 0.00710. The molecule has 0 spiro atoms. The molecule has 204 valence electrons. The molecule has 2 aromatic carbocycles. The van der Waals surface area contributed by atoms with E-state index in [-0.39, 0.29) is 30.2 Å². The number of aliphatic hydroxyl groups excluding tert-OH is 2. The fraction of sp³-hybridized carbons (Fsp3) is 0.182. The lowest BCUT2D eigenvalue weighted by atomic mass is 9.87. The number of benzene rings is 2. The van der Waals surface area contributed by atoms with Crippen molar-refractivity contribution in [2.45, 2.75) is 12.5 Å². The normalized spacial score (nSPS) is 16.4. The maximum atomic E-state index is 9.47. The van der Waals surface area contributed by atoms with Gasteiger partial charge in [0, 0.05) is 34.1 Å². The van der Waals surface area contributed by atoms with E-state index < -0.39 is 5.60 Å². The highest BCUT2D eigenvalue weighted by Gasteiger charge is 2.43.